The SMILES string of the molecule is COc1ccc(NC(C/C=C(\C)C=O)c2ccccc2I)c(C(F)(F)F)c1. The minimum atomic E-state index is -4.53. The van der Waals surface area contributed by atoms with E-state index in [-0.39, 0.29) is 11.4 Å². The first kappa shape index (κ1) is 21.3. The number of carbonyl (C=O) groups is 1. The summed E-state index contributed by atoms with van der Waals surface area (Å²) in [4.78, 5) is 10.9. The monoisotopic (exact) mass is 489 g/mol. The van der Waals surface area contributed by atoms with Crippen molar-refractivity contribution in [3.63, 3.8) is 0 Å². The standard InChI is InChI=1S/C20H19F3INO2/c1-13(12-26)7-9-18(15-5-3-4-6-17(15)24)25-19-10-8-14(27-2)11-16(19)20(21,22)23/h3-8,10-12,18,25H,9H2,1-2H3/b13-7+. The van der Waals surface area contributed by atoms with Gasteiger partial charge >= 0.3 is 6.18 Å². The van der Waals surface area contributed by atoms with E-state index in [0.29, 0.717) is 12.0 Å². The molecule has 0 heterocycles. The second-order valence-corrected chi connectivity index (χ2v) is 7.09. The molecule has 0 saturated heterocycles. The first-order valence-electron chi connectivity index (χ1n) is 8.14. The number of alkyl halides is 3. The molecule has 0 bridgehead atoms. The van der Waals surface area contributed by atoms with Gasteiger partial charge in [-0.15, -0.1) is 0 Å². The van der Waals surface area contributed by atoms with Crippen LogP contribution in [0.2, 0.25) is 0 Å². The summed E-state index contributed by atoms with van der Waals surface area (Å²) in [5, 5.41) is 3.00. The summed E-state index contributed by atoms with van der Waals surface area (Å²) in [6, 6.07) is 10.8. The van der Waals surface area contributed by atoms with Crippen LogP contribution >= 0.6 is 22.6 Å². The van der Waals surface area contributed by atoms with Gasteiger partial charge in [0.05, 0.1) is 18.7 Å². The van der Waals surface area contributed by atoms with Crippen molar-refractivity contribution >= 4 is 34.6 Å². The number of rotatable bonds is 7. The molecule has 0 saturated carbocycles. The van der Waals surface area contributed by atoms with E-state index >= 15 is 0 Å². The van der Waals surface area contributed by atoms with Crippen LogP contribution in [0.3, 0.4) is 0 Å². The van der Waals surface area contributed by atoms with Gasteiger partial charge in [-0.05, 0) is 71.3 Å². The summed E-state index contributed by atoms with van der Waals surface area (Å²) < 4.78 is 46.4. The van der Waals surface area contributed by atoms with E-state index in [2.05, 4.69) is 27.9 Å². The van der Waals surface area contributed by atoms with Gasteiger partial charge in [-0.25, -0.2) is 0 Å². The summed E-state index contributed by atoms with van der Waals surface area (Å²) in [5.41, 5.74) is 0.550. The topological polar surface area (TPSA) is 38.3 Å². The summed E-state index contributed by atoms with van der Waals surface area (Å²) in [5.74, 6) is 0.135. The molecule has 0 aliphatic carbocycles. The van der Waals surface area contributed by atoms with Gasteiger partial charge in [0.1, 0.15) is 12.0 Å². The first-order valence-corrected chi connectivity index (χ1v) is 9.22. The second-order valence-electron chi connectivity index (χ2n) is 5.93. The lowest BCUT2D eigenvalue weighted by Gasteiger charge is -2.23. The molecule has 0 radical (unpaired) electrons. The van der Waals surface area contributed by atoms with Gasteiger partial charge < -0.3 is 10.1 Å². The molecule has 1 unspecified atom stereocenters. The maximum Gasteiger partial charge on any atom is 0.418 e. The highest BCUT2D eigenvalue weighted by atomic mass is 127. The molecule has 2 aromatic rings. The van der Waals surface area contributed by atoms with E-state index < -0.39 is 17.8 Å². The first-order chi connectivity index (χ1) is 12.8. The highest BCUT2D eigenvalue weighted by Gasteiger charge is 2.34. The molecule has 7 heteroatoms. The van der Waals surface area contributed by atoms with E-state index in [1.165, 1.54) is 19.2 Å². The van der Waals surface area contributed by atoms with Crippen LogP contribution in [0.25, 0.3) is 0 Å². The van der Waals surface area contributed by atoms with Crippen LogP contribution in [0.4, 0.5) is 18.9 Å². The fourth-order valence-electron chi connectivity index (χ4n) is 2.57. The number of nitrogens with one attached hydrogen (secondary N) is 1. The molecule has 3 nitrogen and oxygen atoms in total. The highest BCUT2D eigenvalue weighted by molar-refractivity contribution is 14.1. The van der Waals surface area contributed by atoms with Crippen LogP contribution in [-0.2, 0) is 11.0 Å². The average Bonchev–Trinajstić information content (AvgIpc) is 2.64. The van der Waals surface area contributed by atoms with Gasteiger partial charge in [0, 0.05) is 9.26 Å². The molecular weight excluding hydrogens is 470 g/mol. The van der Waals surface area contributed by atoms with E-state index in [4.69, 9.17) is 4.74 Å². The van der Waals surface area contributed by atoms with Crippen molar-refractivity contribution in [2.45, 2.75) is 25.6 Å². The molecule has 144 valence electrons. The fourth-order valence-corrected chi connectivity index (χ4v) is 3.33. The molecule has 1 atom stereocenters. The average molecular weight is 489 g/mol. The largest absolute Gasteiger partial charge is 0.497 e. The van der Waals surface area contributed by atoms with Crippen molar-refractivity contribution in [3.8, 4) is 5.75 Å². The van der Waals surface area contributed by atoms with Crippen LogP contribution < -0.4 is 10.1 Å². The molecule has 0 amide bonds. The van der Waals surface area contributed by atoms with E-state index in [0.717, 1.165) is 21.5 Å². The van der Waals surface area contributed by atoms with Crippen molar-refractivity contribution in [1.29, 1.82) is 0 Å². The van der Waals surface area contributed by atoms with Gasteiger partial charge in [-0.3, -0.25) is 4.79 Å². The Kier molecular flexibility index (Phi) is 7.29. The van der Waals surface area contributed by atoms with Crippen molar-refractivity contribution in [3.05, 3.63) is 68.8 Å². The molecule has 2 rings (SSSR count). The molecular formula is C20H19F3INO2. The van der Waals surface area contributed by atoms with E-state index in [1.807, 2.05) is 24.3 Å². The predicted octanol–water partition coefficient (Wildman–Crippen LogP) is 6.01. The van der Waals surface area contributed by atoms with Gasteiger partial charge in [0.25, 0.3) is 0 Å². The van der Waals surface area contributed by atoms with E-state index in [1.54, 1.807) is 13.0 Å². The molecule has 0 spiro atoms. The van der Waals surface area contributed by atoms with Gasteiger partial charge in [0.15, 0.2) is 0 Å². The number of anilines is 1. The van der Waals surface area contributed by atoms with Crippen LogP contribution in [0.5, 0.6) is 5.75 Å². The molecule has 0 fully saturated rings. The lowest BCUT2D eigenvalue weighted by molar-refractivity contribution is -0.137. The fraction of sp³-hybridized carbons (Fsp3) is 0.250. The van der Waals surface area contributed by atoms with Crippen LogP contribution in [-0.4, -0.2) is 13.4 Å². The maximum atomic E-state index is 13.5. The van der Waals surface area contributed by atoms with Crippen molar-refractivity contribution in [2.24, 2.45) is 0 Å². The van der Waals surface area contributed by atoms with Gasteiger partial charge in [-0.2, -0.15) is 13.2 Å². The number of ether oxygens (including phenoxy) is 1. The van der Waals surface area contributed by atoms with Crippen LogP contribution in [0.15, 0.2) is 54.1 Å². The number of carbonyl (C=O) groups excluding carboxylic acids is 1. The molecule has 0 aliphatic rings. The Labute approximate surface area is 169 Å². The summed E-state index contributed by atoms with van der Waals surface area (Å²) >= 11 is 2.15. The third kappa shape index (κ3) is 5.72. The molecule has 2 aromatic carbocycles. The second kappa shape index (κ2) is 9.25. The summed E-state index contributed by atoms with van der Waals surface area (Å²) in [6.07, 6.45) is -1.72. The lowest BCUT2D eigenvalue weighted by atomic mass is 10.0. The van der Waals surface area contributed by atoms with Crippen molar-refractivity contribution in [2.75, 3.05) is 12.4 Å². The van der Waals surface area contributed by atoms with Crippen LogP contribution in [0, 0.1) is 3.57 Å². The van der Waals surface area contributed by atoms with Crippen molar-refractivity contribution in [1.82, 2.24) is 0 Å². The lowest BCUT2D eigenvalue weighted by Crippen LogP contribution is -2.16. The predicted molar refractivity (Wildman–Crippen MR) is 108 cm³/mol. The Morgan fingerprint density at radius 2 is 1.96 bits per heavy atom. The Morgan fingerprint density at radius 1 is 1.26 bits per heavy atom. The Bertz CT molecular complexity index is 834. The van der Waals surface area contributed by atoms with E-state index in [9.17, 15) is 18.0 Å². The third-order valence-electron chi connectivity index (χ3n) is 4.00. The Morgan fingerprint density at radius 3 is 2.56 bits per heavy atom. The number of hydrogen-bond acceptors (Lipinski definition) is 3. The maximum absolute atomic E-state index is 13.5. The van der Waals surface area contributed by atoms with Gasteiger partial charge in [0.2, 0.25) is 0 Å². The Balaban J connectivity index is 2.46. The Hall–Kier alpha value is -2.03. The zero-order valence-electron chi connectivity index (χ0n) is 14.8. The number of methoxy groups -OCH3 is 1. The summed E-state index contributed by atoms with van der Waals surface area (Å²) in [6.45, 7) is 1.66. The molecule has 1 N–H and O–H groups in total. The molecule has 0 aliphatic heterocycles. The molecule has 27 heavy (non-hydrogen) atoms. The number of halogens is 4. The number of allylic oxidation sites excluding steroid dienone is 1. The number of hydrogen-bond donors (Lipinski definition) is 1. The normalized spacial score (nSPS) is 13.2. The minimum Gasteiger partial charge on any atom is -0.497 e. The number of benzene rings is 2. The quantitative estimate of drug-likeness (QED) is 0.294. The van der Waals surface area contributed by atoms with Crippen LogP contribution in [0.1, 0.15) is 30.5 Å². The smallest absolute Gasteiger partial charge is 0.418 e. The third-order valence-corrected chi connectivity index (χ3v) is 4.99. The van der Waals surface area contributed by atoms with Crippen molar-refractivity contribution < 1.29 is 22.7 Å². The molecule has 0 aromatic heterocycles. The highest BCUT2D eigenvalue weighted by Crippen LogP contribution is 2.39. The zero-order valence-corrected chi connectivity index (χ0v) is 17.0. The zero-order chi connectivity index (χ0) is 20.0. The van der Waals surface area contributed by atoms with Gasteiger partial charge in [-0.1, -0.05) is 24.3 Å². The summed E-state index contributed by atoms with van der Waals surface area (Å²) in [7, 11) is 1.32. The minimum absolute atomic E-state index is 0.0369. The number of aldehydes is 1.